The van der Waals surface area contributed by atoms with Crippen LogP contribution in [0.1, 0.15) is 79.0 Å². The van der Waals surface area contributed by atoms with Crippen molar-refractivity contribution in [3.05, 3.63) is 65.5 Å². The summed E-state index contributed by atoms with van der Waals surface area (Å²) in [6.07, 6.45) is 3.78. The van der Waals surface area contributed by atoms with E-state index in [1.165, 1.54) is 16.7 Å². The van der Waals surface area contributed by atoms with Crippen molar-refractivity contribution in [2.75, 3.05) is 0 Å². The predicted molar refractivity (Wildman–Crippen MR) is 141 cm³/mol. The Balaban J connectivity index is 0.00000176. The number of halogens is 1. The van der Waals surface area contributed by atoms with Gasteiger partial charge in [0.15, 0.2) is 0 Å². The van der Waals surface area contributed by atoms with Crippen LogP contribution in [0, 0.1) is 0 Å². The predicted octanol–water partition coefficient (Wildman–Crippen LogP) is 7.98. The molecule has 3 aromatic rings. The van der Waals surface area contributed by atoms with Gasteiger partial charge >= 0.3 is 32.8 Å². The standard InChI is InChI=1S/C27H35N3.HI.Ni/c1-25(2,3)18-10-12-28-21(14-18)23-16-20(27(7,8)9)17-24(30-23)22-15-19(11-13-29-22)26(4,5)6;;/h10-17H,1-9H3;1H;/q;;+1/p-1. The van der Waals surface area contributed by atoms with Crippen LogP contribution >= 0.6 is 20.5 Å². The van der Waals surface area contributed by atoms with E-state index in [9.17, 15) is 0 Å². The monoisotopic (exact) mass is 586 g/mol. The Morgan fingerprint density at radius 1 is 0.531 bits per heavy atom. The average molecular weight is 587 g/mol. The molecule has 175 valence electrons. The molecule has 0 aliphatic heterocycles. The maximum absolute atomic E-state index is 5.01. The number of hydrogen-bond donors (Lipinski definition) is 0. The zero-order chi connectivity index (χ0) is 24.3. The number of aromatic nitrogens is 3. The fourth-order valence-electron chi connectivity index (χ4n) is 3.30. The average Bonchev–Trinajstić information content (AvgIpc) is 2.73. The first-order valence-electron chi connectivity index (χ1n) is 10.8. The summed E-state index contributed by atoms with van der Waals surface area (Å²) >= 11 is 5.62. The molecule has 0 radical (unpaired) electrons. The molecule has 0 saturated carbocycles. The van der Waals surface area contributed by atoms with Gasteiger partial charge in [0.2, 0.25) is 0 Å². The van der Waals surface area contributed by atoms with E-state index < -0.39 is 0 Å². The van der Waals surface area contributed by atoms with E-state index in [4.69, 9.17) is 4.98 Å². The molecular weight excluding hydrogens is 552 g/mol. The molecule has 0 aromatic carbocycles. The van der Waals surface area contributed by atoms with Gasteiger partial charge in [0, 0.05) is 12.4 Å². The Kier molecular flexibility index (Phi) is 8.66. The van der Waals surface area contributed by atoms with Gasteiger partial charge in [0.05, 0.1) is 22.8 Å². The third-order valence-electron chi connectivity index (χ3n) is 5.47. The van der Waals surface area contributed by atoms with Crippen LogP contribution in [0.4, 0.5) is 0 Å². The van der Waals surface area contributed by atoms with Crippen LogP contribution in [0.25, 0.3) is 22.8 Å². The molecule has 3 rings (SSSR count). The van der Waals surface area contributed by atoms with E-state index in [0.717, 1.165) is 22.8 Å². The van der Waals surface area contributed by atoms with Crippen LogP contribution in [0.15, 0.2) is 48.8 Å². The molecule has 0 aliphatic carbocycles. The summed E-state index contributed by atoms with van der Waals surface area (Å²) in [6, 6.07) is 12.9. The summed E-state index contributed by atoms with van der Waals surface area (Å²) in [5, 5.41) is 0. The quantitative estimate of drug-likeness (QED) is 0.226. The van der Waals surface area contributed by atoms with E-state index in [0.29, 0.717) is 0 Å². The van der Waals surface area contributed by atoms with Crippen molar-refractivity contribution in [2.45, 2.75) is 78.6 Å². The molecule has 0 saturated heterocycles. The molecular formula is C27H35IN3Ni. The molecule has 0 aliphatic rings. The van der Waals surface area contributed by atoms with Crippen LogP contribution in [0.5, 0.6) is 0 Å². The van der Waals surface area contributed by atoms with Gasteiger partial charge in [-0.05, 0) is 69.3 Å². The summed E-state index contributed by atoms with van der Waals surface area (Å²) in [4.78, 5) is 14.3. The summed E-state index contributed by atoms with van der Waals surface area (Å²) in [6.45, 7) is 20.0. The molecule has 0 spiro atoms. The molecule has 0 amide bonds. The summed E-state index contributed by atoms with van der Waals surface area (Å²) in [5.41, 5.74) is 7.45. The zero-order valence-electron chi connectivity index (χ0n) is 20.7. The van der Waals surface area contributed by atoms with Crippen molar-refractivity contribution in [3.8, 4) is 22.8 Å². The molecule has 0 unspecified atom stereocenters. The Bertz CT molecular complexity index is 982. The molecule has 3 nitrogen and oxygen atoms in total. The summed E-state index contributed by atoms with van der Waals surface area (Å²) in [7, 11) is 0. The van der Waals surface area contributed by atoms with Crippen molar-refractivity contribution in [1.29, 1.82) is 0 Å². The first-order valence-corrected chi connectivity index (χ1v) is 14.0. The third-order valence-corrected chi connectivity index (χ3v) is 5.47. The minimum absolute atomic E-state index is 0.00425. The molecule has 3 heterocycles. The van der Waals surface area contributed by atoms with Gasteiger partial charge in [0.25, 0.3) is 0 Å². The second-order valence-corrected chi connectivity index (χ2v) is 11.2. The Hall–Kier alpha value is -1.33. The third kappa shape index (κ3) is 6.84. The van der Waals surface area contributed by atoms with Crippen LogP contribution in [0.3, 0.4) is 0 Å². The second kappa shape index (κ2) is 10.3. The maximum atomic E-state index is 5.01. The van der Waals surface area contributed by atoms with Crippen LogP contribution in [-0.2, 0) is 28.5 Å². The van der Waals surface area contributed by atoms with E-state index in [1.807, 2.05) is 12.4 Å². The van der Waals surface area contributed by atoms with Gasteiger partial charge < -0.3 is 0 Å². The van der Waals surface area contributed by atoms with E-state index >= 15 is 0 Å². The van der Waals surface area contributed by atoms with Crippen LogP contribution in [0.2, 0.25) is 0 Å². The number of hydrogen-bond acceptors (Lipinski definition) is 3. The zero-order valence-corrected chi connectivity index (χ0v) is 23.8. The molecule has 0 atom stereocenters. The van der Waals surface area contributed by atoms with E-state index in [-0.39, 0.29) is 16.2 Å². The number of rotatable bonds is 2. The Morgan fingerprint density at radius 3 is 1.16 bits per heavy atom. The van der Waals surface area contributed by atoms with Gasteiger partial charge in [-0.25, -0.2) is 4.98 Å². The first-order chi connectivity index (χ1) is 14.7. The van der Waals surface area contributed by atoms with Crippen molar-refractivity contribution >= 4 is 20.5 Å². The second-order valence-electron chi connectivity index (χ2n) is 11.2. The van der Waals surface area contributed by atoms with Gasteiger partial charge in [-0.3, -0.25) is 9.97 Å². The number of pyridine rings is 3. The van der Waals surface area contributed by atoms with Gasteiger partial charge in [-0.15, -0.1) is 0 Å². The number of nitrogens with zero attached hydrogens (tertiary/aromatic N) is 3. The van der Waals surface area contributed by atoms with Crippen molar-refractivity contribution in [2.24, 2.45) is 0 Å². The van der Waals surface area contributed by atoms with Gasteiger partial charge in [-0.1, -0.05) is 62.3 Å². The Morgan fingerprint density at radius 2 is 0.844 bits per heavy atom. The van der Waals surface area contributed by atoms with Crippen LogP contribution in [-0.4, -0.2) is 15.0 Å². The SMILES string of the molecule is CC(C)(C)c1ccnc(-c2cc(C(C)(C)C)cc(-c3cc(C(C)(C)C)ccn3)n2)c1.[Ni][I]. The normalized spacial score (nSPS) is 12.2. The van der Waals surface area contributed by atoms with Gasteiger partial charge in [-0.2, -0.15) is 0 Å². The van der Waals surface area contributed by atoms with Gasteiger partial charge in [0.1, 0.15) is 0 Å². The molecule has 0 fully saturated rings. The molecule has 0 N–H and O–H groups in total. The molecule has 3 aromatic heterocycles. The molecule has 0 bridgehead atoms. The van der Waals surface area contributed by atoms with Crippen molar-refractivity contribution < 1.29 is 12.3 Å². The molecule has 5 heteroatoms. The minimum atomic E-state index is -0.00425. The molecule has 32 heavy (non-hydrogen) atoms. The first kappa shape index (κ1) is 26.9. The van der Waals surface area contributed by atoms with Crippen molar-refractivity contribution in [3.63, 3.8) is 0 Å². The van der Waals surface area contributed by atoms with Crippen LogP contribution < -0.4 is 0 Å². The summed E-state index contributed by atoms with van der Waals surface area (Å²) in [5.74, 6) is 0. The fourth-order valence-corrected chi connectivity index (χ4v) is 3.30. The topological polar surface area (TPSA) is 38.7 Å². The van der Waals surface area contributed by atoms with E-state index in [1.54, 1.807) is 20.5 Å². The van der Waals surface area contributed by atoms with Crippen molar-refractivity contribution in [1.82, 2.24) is 15.0 Å². The Labute approximate surface area is 213 Å². The summed E-state index contributed by atoms with van der Waals surface area (Å²) < 4.78 is 0. The fraction of sp³-hybridized carbons (Fsp3) is 0.444. The van der Waals surface area contributed by atoms with E-state index in [2.05, 4.69) is 121 Å².